The number of hydrogen-bond acceptors (Lipinski definition) is 2. The van der Waals surface area contributed by atoms with Gasteiger partial charge in [0, 0.05) is 17.6 Å². The van der Waals surface area contributed by atoms with Crippen molar-refractivity contribution < 1.29 is 4.74 Å². The quantitative estimate of drug-likeness (QED) is 0.549. The third-order valence-electron chi connectivity index (χ3n) is 3.58. The van der Waals surface area contributed by atoms with Crippen molar-refractivity contribution >= 4 is 17.3 Å². The number of aryl methyl sites for hydroxylation is 1. The summed E-state index contributed by atoms with van der Waals surface area (Å²) in [7, 11) is 1.68. The summed E-state index contributed by atoms with van der Waals surface area (Å²) in [6, 6.07) is 3.94. The van der Waals surface area contributed by atoms with Gasteiger partial charge in [0.1, 0.15) is 5.75 Å². The Hall–Kier alpha value is -0.890. The molecule has 2 nitrogen and oxygen atoms in total. The summed E-state index contributed by atoms with van der Waals surface area (Å²) >= 11 is 6.10. The average molecular weight is 298 g/mol. The van der Waals surface area contributed by atoms with E-state index in [0.717, 1.165) is 28.6 Å². The zero-order valence-corrected chi connectivity index (χ0v) is 13.9. The number of halogens is 1. The largest absolute Gasteiger partial charge is 0.495 e. The number of hydrogen-bond donors (Lipinski definition) is 1. The van der Waals surface area contributed by atoms with Crippen molar-refractivity contribution in [3.05, 3.63) is 22.7 Å². The molecule has 0 aliphatic carbocycles. The van der Waals surface area contributed by atoms with E-state index in [2.05, 4.69) is 18.3 Å². The molecule has 0 aliphatic heterocycles. The highest BCUT2D eigenvalue weighted by Crippen LogP contribution is 2.30. The number of benzene rings is 1. The molecule has 0 aromatic heterocycles. The molecule has 1 N–H and O–H groups in total. The lowest BCUT2D eigenvalue weighted by atomic mass is 10.1. The molecule has 0 aliphatic rings. The van der Waals surface area contributed by atoms with Crippen LogP contribution in [-0.2, 0) is 0 Å². The first-order valence-corrected chi connectivity index (χ1v) is 8.14. The van der Waals surface area contributed by atoms with E-state index >= 15 is 0 Å². The van der Waals surface area contributed by atoms with Gasteiger partial charge in [-0.05, 0) is 25.0 Å². The first-order valence-electron chi connectivity index (χ1n) is 7.77. The minimum Gasteiger partial charge on any atom is -0.495 e. The maximum Gasteiger partial charge on any atom is 0.143 e. The van der Waals surface area contributed by atoms with E-state index in [1.165, 1.54) is 44.9 Å². The predicted molar refractivity (Wildman–Crippen MR) is 89.2 cm³/mol. The van der Waals surface area contributed by atoms with Gasteiger partial charge in [-0.1, -0.05) is 57.0 Å². The van der Waals surface area contributed by atoms with Crippen molar-refractivity contribution in [2.45, 2.75) is 58.8 Å². The van der Waals surface area contributed by atoms with Gasteiger partial charge in [-0.3, -0.25) is 0 Å². The maximum atomic E-state index is 6.10. The molecule has 0 unspecified atom stereocenters. The molecule has 1 rings (SSSR count). The topological polar surface area (TPSA) is 21.3 Å². The van der Waals surface area contributed by atoms with Gasteiger partial charge in [0.15, 0.2) is 0 Å². The van der Waals surface area contributed by atoms with Crippen LogP contribution in [-0.4, -0.2) is 13.7 Å². The first-order chi connectivity index (χ1) is 9.69. The fraction of sp³-hybridized carbons (Fsp3) is 0.647. The van der Waals surface area contributed by atoms with Crippen molar-refractivity contribution in [3.63, 3.8) is 0 Å². The van der Waals surface area contributed by atoms with Gasteiger partial charge in [0.05, 0.1) is 12.8 Å². The molecule has 0 spiro atoms. The second-order valence-electron chi connectivity index (χ2n) is 5.35. The Morgan fingerprint density at radius 1 is 1.05 bits per heavy atom. The summed E-state index contributed by atoms with van der Waals surface area (Å²) in [6.07, 6.45) is 9.29. The standard InChI is InChI=1S/C17H28ClNO/c1-4-5-6-7-8-9-10-11-19-16-12-14(2)15(18)13-17(16)20-3/h12-13,19H,4-11H2,1-3H3. The summed E-state index contributed by atoms with van der Waals surface area (Å²) in [6.45, 7) is 5.26. The number of anilines is 1. The molecule has 0 radical (unpaired) electrons. The minimum atomic E-state index is 0.753. The molecule has 1 aromatic rings. The van der Waals surface area contributed by atoms with Gasteiger partial charge in [0.25, 0.3) is 0 Å². The van der Waals surface area contributed by atoms with E-state index in [0.29, 0.717) is 0 Å². The average Bonchev–Trinajstić information content (AvgIpc) is 2.45. The molecule has 0 fully saturated rings. The van der Waals surface area contributed by atoms with Crippen LogP contribution in [0.4, 0.5) is 5.69 Å². The van der Waals surface area contributed by atoms with Gasteiger partial charge in [-0.2, -0.15) is 0 Å². The van der Waals surface area contributed by atoms with E-state index < -0.39 is 0 Å². The molecule has 0 atom stereocenters. The maximum absolute atomic E-state index is 6.10. The fourth-order valence-electron chi connectivity index (χ4n) is 2.28. The summed E-state index contributed by atoms with van der Waals surface area (Å²) in [5.41, 5.74) is 2.12. The zero-order chi connectivity index (χ0) is 14.8. The Morgan fingerprint density at radius 2 is 1.70 bits per heavy atom. The van der Waals surface area contributed by atoms with Crippen molar-refractivity contribution in [1.29, 1.82) is 0 Å². The van der Waals surface area contributed by atoms with Crippen LogP contribution in [0.1, 0.15) is 57.4 Å². The van der Waals surface area contributed by atoms with E-state index in [1.807, 2.05) is 13.0 Å². The third-order valence-corrected chi connectivity index (χ3v) is 3.98. The van der Waals surface area contributed by atoms with Gasteiger partial charge >= 0.3 is 0 Å². The molecule has 0 saturated carbocycles. The summed E-state index contributed by atoms with van der Waals surface area (Å²) < 4.78 is 5.36. The van der Waals surface area contributed by atoms with Crippen LogP contribution in [0.3, 0.4) is 0 Å². The van der Waals surface area contributed by atoms with Crippen LogP contribution < -0.4 is 10.1 Å². The monoisotopic (exact) mass is 297 g/mol. The van der Waals surface area contributed by atoms with E-state index in [1.54, 1.807) is 7.11 Å². The van der Waals surface area contributed by atoms with Gasteiger partial charge in [-0.25, -0.2) is 0 Å². The van der Waals surface area contributed by atoms with Crippen molar-refractivity contribution in [2.75, 3.05) is 19.0 Å². The molecular formula is C17H28ClNO. The zero-order valence-electron chi connectivity index (χ0n) is 13.1. The number of nitrogens with one attached hydrogen (secondary N) is 1. The van der Waals surface area contributed by atoms with Gasteiger partial charge < -0.3 is 10.1 Å². The Bertz CT molecular complexity index is 393. The fourth-order valence-corrected chi connectivity index (χ4v) is 2.43. The highest BCUT2D eigenvalue weighted by Gasteiger charge is 2.06. The molecule has 3 heteroatoms. The summed E-state index contributed by atoms with van der Waals surface area (Å²) in [5.74, 6) is 0.823. The highest BCUT2D eigenvalue weighted by atomic mass is 35.5. The molecule has 0 saturated heterocycles. The molecule has 0 bridgehead atoms. The van der Waals surface area contributed by atoms with Crippen LogP contribution in [0, 0.1) is 6.92 Å². The van der Waals surface area contributed by atoms with E-state index in [4.69, 9.17) is 16.3 Å². The highest BCUT2D eigenvalue weighted by molar-refractivity contribution is 6.31. The Labute approximate surface area is 128 Å². The Morgan fingerprint density at radius 3 is 2.35 bits per heavy atom. The number of unbranched alkanes of at least 4 members (excludes halogenated alkanes) is 6. The van der Waals surface area contributed by atoms with Crippen LogP contribution in [0.15, 0.2) is 12.1 Å². The number of rotatable bonds is 10. The van der Waals surface area contributed by atoms with Gasteiger partial charge in [-0.15, -0.1) is 0 Å². The van der Waals surface area contributed by atoms with E-state index in [9.17, 15) is 0 Å². The molecular weight excluding hydrogens is 270 g/mol. The van der Waals surface area contributed by atoms with Crippen molar-refractivity contribution in [2.24, 2.45) is 0 Å². The second kappa shape index (κ2) is 9.93. The minimum absolute atomic E-state index is 0.753. The lowest BCUT2D eigenvalue weighted by Crippen LogP contribution is -2.03. The third kappa shape index (κ3) is 6.04. The smallest absolute Gasteiger partial charge is 0.143 e. The molecule has 0 amide bonds. The first kappa shape index (κ1) is 17.2. The number of ether oxygens (including phenoxy) is 1. The number of methoxy groups -OCH3 is 1. The van der Waals surface area contributed by atoms with Crippen LogP contribution in [0.5, 0.6) is 5.75 Å². The lowest BCUT2D eigenvalue weighted by molar-refractivity contribution is 0.416. The van der Waals surface area contributed by atoms with E-state index in [-0.39, 0.29) is 0 Å². The Kier molecular flexibility index (Phi) is 8.52. The normalized spacial score (nSPS) is 10.6. The predicted octanol–water partition coefficient (Wildman–Crippen LogP) is 5.82. The SMILES string of the molecule is CCCCCCCCCNc1cc(C)c(Cl)cc1OC. The van der Waals surface area contributed by atoms with Crippen LogP contribution in [0.25, 0.3) is 0 Å². The molecule has 1 aromatic carbocycles. The molecule has 20 heavy (non-hydrogen) atoms. The lowest BCUT2D eigenvalue weighted by Gasteiger charge is -2.13. The molecule has 114 valence electrons. The van der Waals surface area contributed by atoms with Crippen molar-refractivity contribution in [1.82, 2.24) is 0 Å². The molecule has 0 heterocycles. The van der Waals surface area contributed by atoms with Crippen molar-refractivity contribution in [3.8, 4) is 5.75 Å². The van der Waals surface area contributed by atoms with Crippen LogP contribution in [0.2, 0.25) is 5.02 Å². The van der Waals surface area contributed by atoms with Crippen LogP contribution >= 0.6 is 11.6 Å². The summed E-state index contributed by atoms with van der Waals surface area (Å²) in [4.78, 5) is 0. The summed E-state index contributed by atoms with van der Waals surface area (Å²) in [5, 5.41) is 4.20. The van der Waals surface area contributed by atoms with Gasteiger partial charge in [0.2, 0.25) is 0 Å². The Balaban J connectivity index is 2.26. The second-order valence-corrected chi connectivity index (χ2v) is 5.76.